The summed E-state index contributed by atoms with van der Waals surface area (Å²) >= 11 is 0. The Labute approximate surface area is 87.3 Å². The Hall–Kier alpha value is 1.56. The zero-order valence-electron chi connectivity index (χ0n) is 5.31. The molecule has 0 bridgehead atoms. The quantitative estimate of drug-likeness (QED) is 0.490. The first kappa shape index (κ1) is 11.4. The number of hydrogen-bond donors (Lipinski definition) is 1. The number of hydrogen-bond acceptors (Lipinski definition) is 2. The van der Waals surface area contributed by atoms with E-state index in [-0.39, 0.29) is 58.0 Å². The van der Waals surface area contributed by atoms with E-state index in [0.29, 0.717) is 0 Å². The molecule has 0 spiro atoms. The van der Waals surface area contributed by atoms with E-state index in [2.05, 4.69) is 0 Å². The van der Waals surface area contributed by atoms with E-state index < -0.39 is 0 Å². The molecule has 0 aromatic heterocycles. The Kier molecular flexibility index (Phi) is 12.3. The minimum absolute atomic E-state index is 0. The first-order chi connectivity index (χ1) is 2.77. The smallest absolute Gasteiger partial charge is 0.0558 e. The van der Waals surface area contributed by atoms with Gasteiger partial charge in [-0.25, -0.2) is 0 Å². The van der Waals surface area contributed by atoms with Gasteiger partial charge >= 0.3 is 0 Å². The van der Waals surface area contributed by atoms with Crippen LogP contribution in [0.15, 0.2) is 0 Å². The number of aliphatic hydroxyl groups is 1. The third kappa shape index (κ3) is 11.2. The number of likely N-dealkylation sites (N-methyl/N-ethyl adjacent to an activating group) is 1. The van der Waals surface area contributed by atoms with E-state index in [1.807, 2.05) is 19.0 Å². The predicted molar refractivity (Wildman–Crippen MR) is 31.4 cm³/mol. The van der Waals surface area contributed by atoms with Crippen molar-refractivity contribution in [3.05, 3.63) is 0 Å². The molecule has 7 heavy (non-hydrogen) atoms. The number of nitrogens with zero attached hydrogens (tertiary/aromatic N) is 1. The third-order valence-electron chi connectivity index (χ3n) is 0.547. The molecule has 0 atom stereocenters. The molecule has 3 heteroatoms. The molecule has 0 aromatic rings. The molecule has 1 N–H and O–H groups in total. The minimum Gasteiger partial charge on any atom is -0.395 e. The van der Waals surface area contributed by atoms with Crippen LogP contribution in [0.4, 0.5) is 0 Å². The summed E-state index contributed by atoms with van der Waals surface area (Å²) < 4.78 is 0. The standard InChI is InChI=1S/C4H11NO.K/c1-5(2)3-4-6;/h6H,3-4H2,1-2H3;. The van der Waals surface area contributed by atoms with Crippen molar-refractivity contribution in [3.63, 3.8) is 0 Å². The van der Waals surface area contributed by atoms with Crippen LogP contribution in [0.3, 0.4) is 0 Å². The van der Waals surface area contributed by atoms with Crippen molar-refractivity contribution in [2.45, 2.75) is 0 Å². The fraction of sp³-hybridized carbons (Fsp3) is 1.00. The first-order valence-electron chi connectivity index (χ1n) is 2.03. The summed E-state index contributed by atoms with van der Waals surface area (Å²) in [6, 6.07) is 0. The van der Waals surface area contributed by atoms with Crippen LogP contribution in [0.1, 0.15) is 0 Å². The van der Waals surface area contributed by atoms with Crippen LogP contribution in [-0.4, -0.2) is 88.6 Å². The molecular formula is C4H11KNO. The third-order valence-corrected chi connectivity index (χ3v) is 0.547. The maximum absolute atomic E-state index is 8.20. The van der Waals surface area contributed by atoms with Gasteiger partial charge in [-0.1, -0.05) is 0 Å². The Balaban J connectivity index is 0. The van der Waals surface area contributed by atoms with E-state index >= 15 is 0 Å². The van der Waals surface area contributed by atoms with Crippen molar-refractivity contribution in [1.82, 2.24) is 4.90 Å². The molecular weight excluding hydrogens is 117 g/mol. The Morgan fingerprint density at radius 1 is 1.43 bits per heavy atom. The van der Waals surface area contributed by atoms with Gasteiger partial charge in [0.05, 0.1) is 6.61 Å². The normalized spacial score (nSPS) is 8.57. The van der Waals surface area contributed by atoms with E-state index in [9.17, 15) is 0 Å². The number of aliphatic hydroxyl groups excluding tert-OH is 1. The second-order valence-electron chi connectivity index (χ2n) is 1.53. The molecule has 0 rings (SSSR count). The van der Waals surface area contributed by atoms with Gasteiger partial charge < -0.3 is 10.0 Å². The van der Waals surface area contributed by atoms with Gasteiger partial charge in [0.2, 0.25) is 0 Å². The molecule has 39 valence electrons. The molecule has 0 aliphatic rings. The van der Waals surface area contributed by atoms with E-state index in [4.69, 9.17) is 5.11 Å². The van der Waals surface area contributed by atoms with Crippen LogP contribution in [0.25, 0.3) is 0 Å². The van der Waals surface area contributed by atoms with Gasteiger partial charge in [0, 0.05) is 57.9 Å². The van der Waals surface area contributed by atoms with Crippen molar-refractivity contribution >= 4 is 51.4 Å². The Morgan fingerprint density at radius 3 is 1.86 bits per heavy atom. The molecule has 0 amide bonds. The van der Waals surface area contributed by atoms with Gasteiger partial charge in [0.1, 0.15) is 0 Å². The summed E-state index contributed by atoms with van der Waals surface area (Å²) in [5, 5.41) is 8.20. The molecule has 0 aliphatic carbocycles. The van der Waals surface area contributed by atoms with Crippen LogP contribution in [0.5, 0.6) is 0 Å². The molecule has 0 unspecified atom stereocenters. The van der Waals surface area contributed by atoms with Crippen LogP contribution in [0, 0.1) is 0 Å². The molecule has 0 aromatic carbocycles. The van der Waals surface area contributed by atoms with Crippen molar-refractivity contribution in [1.29, 1.82) is 0 Å². The summed E-state index contributed by atoms with van der Waals surface area (Å²) in [6.07, 6.45) is 0. The minimum atomic E-state index is 0. The number of rotatable bonds is 2. The van der Waals surface area contributed by atoms with Crippen LogP contribution in [-0.2, 0) is 0 Å². The average molecular weight is 128 g/mol. The van der Waals surface area contributed by atoms with E-state index in [1.165, 1.54) is 0 Å². The van der Waals surface area contributed by atoms with Gasteiger partial charge in [-0.2, -0.15) is 0 Å². The van der Waals surface area contributed by atoms with E-state index in [1.54, 1.807) is 0 Å². The van der Waals surface area contributed by atoms with Gasteiger partial charge in [-0.05, 0) is 14.1 Å². The summed E-state index contributed by atoms with van der Waals surface area (Å²) in [7, 11) is 3.85. The fourth-order valence-electron chi connectivity index (χ4n) is 0.200. The van der Waals surface area contributed by atoms with Gasteiger partial charge in [-0.3, -0.25) is 0 Å². The van der Waals surface area contributed by atoms with Crippen LogP contribution < -0.4 is 0 Å². The maximum Gasteiger partial charge on any atom is 0.0558 e. The zero-order valence-corrected chi connectivity index (χ0v) is 8.43. The molecule has 0 aliphatic heterocycles. The second-order valence-corrected chi connectivity index (χ2v) is 1.53. The first-order valence-corrected chi connectivity index (χ1v) is 2.03. The Bertz CT molecular complexity index is 32.9. The van der Waals surface area contributed by atoms with Crippen LogP contribution >= 0.6 is 0 Å². The van der Waals surface area contributed by atoms with Crippen LogP contribution in [0.2, 0.25) is 0 Å². The monoisotopic (exact) mass is 128 g/mol. The summed E-state index contributed by atoms with van der Waals surface area (Å²) in [5.74, 6) is 0. The molecule has 2 nitrogen and oxygen atoms in total. The summed E-state index contributed by atoms with van der Waals surface area (Å²) in [4.78, 5) is 1.93. The SMILES string of the molecule is CN(C)CCO.[K]. The predicted octanol–water partition coefficient (Wildman–Crippen LogP) is -0.841. The van der Waals surface area contributed by atoms with Crippen molar-refractivity contribution in [3.8, 4) is 0 Å². The van der Waals surface area contributed by atoms with Crippen molar-refractivity contribution in [2.75, 3.05) is 27.2 Å². The molecule has 0 saturated heterocycles. The maximum atomic E-state index is 8.20. The summed E-state index contributed by atoms with van der Waals surface area (Å²) in [5.41, 5.74) is 0. The Morgan fingerprint density at radius 2 is 1.86 bits per heavy atom. The molecule has 1 radical (unpaired) electrons. The molecule has 0 heterocycles. The largest absolute Gasteiger partial charge is 0.395 e. The average Bonchev–Trinajstić information content (AvgIpc) is 1.35. The van der Waals surface area contributed by atoms with Crippen molar-refractivity contribution < 1.29 is 5.11 Å². The molecule has 0 saturated carbocycles. The zero-order chi connectivity index (χ0) is 4.99. The summed E-state index contributed by atoms with van der Waals surface area (Å²) in [6.45, 7) is 1.02. The van der Waals surface area contributed by atoms with E-state index in [0.717, 1.165) is 6.54 Å². The second kappa shape index (κ2) is 7.56. The van der Waals surface area contributed by atoms with Gasteiger partial charge in [-0.15, -0.1) is 0 Å². The van der Waals surface area contributed by atoms with Crippen molar-refractivity contribution in [2.24, 2.45) is 0 Å². The topological polar surface area (TPSA) is 23.5 Å². The fourth-order valence-corrected chi connectivity index (χ4v) is 0.200. The molecule has 0 fully saturated rings. The van der Waals surface area contributed by atoms with Gasteiger partial charge in [0.15, 0.2) is 0 Å². The van der Waals surface area contributed by atoms with Gasteiger partial charge in [0.25, 0.3) is 0 Å².